The lowest BCUT2D eigenvalue weighted by molar-refractivity contribution is 0.0686. The van der Waals surface area contributed by atoms with Crippen molar-refractivity contribution in [2.24, 2.45) is 7.05 Å². The zero-order valence-corrected chi connectivity index (χ0v) is 16.1. The Bertz CT molecular complexity index is 1020. The highest BCUT2D eigenvalue weighted by atomic mass is 32.2. The molecule has 1 aliphatic rings. The summed E-state index contributed by atoms with van der Waals surface area (Å²) in [6.07, 6.45) is 1.28. The molecule has 148 valence electrons. The molecule has 10 heteroatoms. The second-order valence-corrected chi connectivity index (χ2v) is 8.32. The summed E-state index contributed by atoms with van der Waals surface area (Å²) < 4.78 is 34.4. The van der Waals surface area contributed by atoms with Gasteiger partial charge in [0.05, 0.1) is 23.1 Å². The van der Waals surface area contributed by atoms with Crippen LogP contribution in [0.2, 0.25) is 0 Å². The van der Waals surface area contributed by atoms with Crippen LogP contribution in [0, 0.1) is 11.3 Å². The van der Waals surface area contributed by atoms with E-state index < -0.39 is 16.0 Å². The molecule has 28 heavy (non-hydrogen) atoms. The number of nitrogens with zero attached hydrogens (tertiary/aromatic N) is 3. The van der Waals surface area contributed by atoms with Crippen LogP contribution in [0.5, 0.6) is 0 Å². The van der Waals surface area contributed by atoms with Gasteiger partial charge < -0.3 is 9.84 Å². The number of ether oxygens (including phenoxy) is 1. The first kappa shape index (κ1) is 19.9. The number of rotatable bonds is 6. The van der Waals surface area contributed by atoms with E-state index in [0.717, 1.165) is 0 Å². The summed E-state index contributed by atoms with van der Waals surface area (Å²) in [5.41, 5.74) is 1.14. The molecule has 0 spiro atoms. The molecular formula is C18H20N4O5S. The van der Waals surface area contributed by atoms with Gasteiger partial charge in [-0.15, -0.1) is 0 Å². The number of aromatic nitrogens is 2. The molecule has 2 N–H and O–H groups in total. The van der Waals surface area contributed by atoms with Crippen molar-refractivity contribution < 1.29 is 23.1 Å². The maximum atomic E-state index is 12.7. The molecule has 0 amide bonds. The van der Waals surface area contributed by atoms with Crippen molar-refractivity contribution >= 4 is 21.7 Å². The molecule has 3 rings (SSSR count). The van der Waals surface area contributed by atoms with Gasteiger partial charge in [0.25, 0.3) is 0 Å². The number of anilines is 1. The van der Waals surface area contributed by atoms with Crippen LogP contribution >= 0.6 is 0 Å². The Hall–Kier alpha value is -2.90. The fraction of sp³-hybridized carbons (Fsp3) is 0.389. The molecule has 1 aromatic carbocycles. The monoisotopic (exact) mass is 404 g/mol. The number of benzene rings is 1. The van der Waals surface area contributed by atoms with Crippen LogP contribution in [-0.2, 0) is 27.6 Å². The van der Waals surface area contributed by atoms with E-state index in [1.54, 1.807) is 12.1 Å². The number of carbonyl (C=O) groups is 1. The molecule has 1 aliphatic heterocycles. The van der Waals surface area contributed by atoms with Crippen LogP contribution in [-0.4, -0.2) is 42.5 Å². The largest absolute Gasteiger partial charge is 0.476 e. The van der Waals surface area contributed by atoms with Crippen LogP contribution in [0.15, 0.2) is 24.3 Å². The Balaban J connectivity index is 1.92. The van der Waals surface area contributed by atoms with Gasteiger partial charge >= 0.3 is 5.97 Å². The summed E-state index contributed by atoms with van der Waals surface area (Å²) in [7, 11) is -2.42. The quantitative estimate of drug-likeness (QED) is 0.750. The standard InChI is InChI=1S/C18H20N4O5S/c1-22-17(18(23)24)16(15(20-22)14-6-8-27-9-7-14)21-28(25,26)11-13-4-2-12(10-19)3-5-13/h2-5,14,21H,6-9,11H2,1H3,(H,23,24). The molecule has 0 atom stereocenters. The Morgan fingerprint density at radius 2 is 2.00 bits per heavy atom. The highest BCUT2D eigenvalue weighted by Gasteiger charge is 2.30. The molecule has 1 saturated heterocycles. The van der Waals surface area contributed by atoms with Crippen molar-refractivity contribution in [3.63, 3.8) is 0 Å². The number of nitriles is 1. The number of hydrogen-bond acceptors (Lipinski definition) is 6. The van der Waals surface area contributed by atoms with Crippen LogP contribution < -0.4 is 4.72 Å². The third-order valence-electron chi connectivity index (χ3n) is 4.58. The van der Waals surface area contributed by atoms with E-state index in [0.29, 0.717) is 42.9 Å². The predicted molar refractivity (Wildman–Crippen MR) is 100 cm³/mol. The van der Waals surface area contributed by atoms with E-state index in [1.807, 2.05) is 6.07 Å². The normalized spacial score (nSPS) is 15.1. The lowest BCUT2D eigenvalue weighted by Crippen LogP contribution is -2.20. The molecule has 9 nitrogen and oxygen atoms in total. The fourth-order valence-electron chi connectivity index (χ4n) is 3.23. The minimum absolute atomic E-state index is 0.00976. The molecule has 1 fully saturated rings. The van der Waals surface area contributed by atoms with E-state index in [9.17, 15) is 18.3 Å². The van der Waals surface area contributed by atoms with E-state index in [2.05, 4.69) is 9.82 Å². The van der Waals surface area contributed by atoms with E-state index in [-0.39, 0.29) is 23.1 Å². The van der Waals surface area contributed by atoms with Gasteiger partial charge in [0.1, 0.15) is 5.69 Å². The summed E-state index contributed by atoms with van der Waals surface area (Å²) >= 11 is 0. The van der Waals surface area contributed by atoms with Gasteiger partial charge in [-0.2, -0.15) is 10.4 Å². The molecule has 0 radical (unpaired) electrons. The SMILES string of the molecule is Cn1nc(C2CCOCC2)c(NS(=O)(=O)Cc2ccc(C#N)cc2)c1C(=O)O. The molecular weight excluding hydrogens is 384 g/mol. The summed E-state index contributed by atoms with van der Waals surface area (Å²) in [6, 6.07) is 8.15. The average Bonchev–Trinajstić information content (AvgIpc) is 2.98. The second kappa shape index (κ2) is 8.00. The highest BCUT2D eigenvalue weighted by molar-refractivity contribution is 7.91. The lowest BCUT2D eigenvalue weighted by atomic mass is 9.95. The maximum Gasteiger partial charge on any atom is 0.356 e. The maximum absolute atomic E-state index is 12.7. The first-order chi connectivity index (χ1) is 13.3. The third-order valence-corrected chi connectivity index (χ3v) is 5.81. The first-order valence-corrected chi connectivity index (χ1v) is 10.3. The Morgan fingerprint density at radius 3 is 2.57 bits per heavy atom. The summed E-state index contributed by atoms with van der Waals surface area (Å²) in [4.78, 5) is 11.7. The molecule has 2 aromatic rings. The van der Waals surface area contributed by atoms with Crippen molar-refractivity contribution in [3.8, 4) is 6.07 Å². The van der Waals surface area contributed by atoms with Gasteiger partial charge in [0.2, 0.25) is 10.0 Å². The predicted octanol–water partition coefficient (Wildman–Crippen LogP) is 1.83. The van der Waals surface area contributed by atoms with Gasteiger partial charge in [-0.1, -0.05) is 12.1 Å². The molecule has 2 heterocycles. The third kappa shape index (κ3) is 4.32. The smallest absolute Gasteiger partial charge is 0.356 e. The molecule has 0 saturated carbocycles. The van der Waals surface area contributed by atoms with Crippen molar-refractivity contribution in [1.29, 1.82) is 5.26 Å². The summed E-state index contributed by atoms with van der Waals surface area (Å²) in [5, 5.41) is 22.7. The first-order valence-electron chi connectivity index (χ1n) is 8.68. The van der Waals surface area contributed by atoms with E-state index in [1.165, 1.54) is 23.9 Å². The number of carboxylic acids is 1. The number of aromatic carboxylic acids is 1. The van der Waals surface area contributed by atoms with Gasteiger partial charge in [-0.3, -0.25) is 9.40 Å². The van der Waals surface area contributed by atoms with Gasteiger partial charge in [0, 0.05) is 26.2 Å². The summed E-state index contributed by atoms with van der Waals surface area (Å²) in [6.45, 7) is 1.03. The minimum atomic E-state index is -3.89. The van der Waals surface area contributed by atoms with Gasteiger partial charge in [-0.05, 0) is 30.5 Å². The number of carboxylic acid groups (broad SMARTS) is 1. The Kier molecular flexibility index (Phi) is 5.67. The van der Waals surface area contributed by atoms with Crippen LogP contribution in [0.4, 0.5) is 5.69 Å². The zero-order valence-electron chi connectivity index (χ0n) is 15.3. The second-order valence-electron chi connectivity index (χ2n) is 6.59. The fourth-order valence-corrected chi connectivity index (χ4v) is 4.45. The van der Waals surface area contributed by atoms with Crippen molar-refractivity contribution in [3.05, 3.63) is 46.8 Å². The van der Waals surface area contributed by atoms with Crippen molar-refractivity contribution in [1.82, 2.24) is 9.78 Å². The van der Waals surface area contributed by atoms with E-state index >= 15 is 0 Å². The highest BCUT2D eigenvalue weighted by Crippen LogP contribution is 2.34. The minimum Gasteiger partial charge on any atom is -0.476 e. The van der Waals surface area contributed by atoms with Crippen LogP contribution in [0.1, 0.15) is 46.1 Å². The van der Waals surface area contributed by atoms with Crippen LogP contribution in [0.3, 0.4) is 0 Å². The summed E-state index contributed by atoms with van der Waals surface area (Å²) in [5.74, 6) is -1.69. The Morgan fingerprint density at radius 1 is 1.36 bits per heavy atom. The molecule has 0 bridgehead atoms. The number of nitrogens with one attached hydrogen (secondary N) is 1. The Labute approximate surface area is 162 Å². The average molecular weight is 404 g/mol. The number of sulfonamides is 1. The molecule has 0 aliphatic carbocycles. The molecule has 0 unspecified atom stereocenters. The van der Waals surface area contributed by atoms with E-state index in [4.69, 9.17) is 10.00 Å². The lowest BCUT2D eigenvalue weighted by Gasteiger charge is -2.21. The van der Waals surface area contributed by atoms with Crippen molar-refractivity contribution in [2.75, 3.05) is 17.9 Å². The van der Waals surface area contributed by atoms with Gasteiger partial charge in [0.15, 0.2) is 5.69 Å². The van der Waals surface area contributed by atoms with Crippen molar-refractivity contribution in [2.45, 2.75) is 24.5 Å². The number of aryl methyl sites for hydroxylation is 1. The number of hydrogen-bond donors (Lipinski definition) is 2. The topological polar surface area (TPSA) is 134 Å². The van der Waals surface area contributed by atoms with Gasteiger partial charge in [-0.25, -0.2) is 13.2 Å². The molecule has 1 aromatic heterocycles. The van der Waals surface area contributed by atoms with Crippen LogP contribution in [0.25, 0.3) is 0 Å². The zero-order chi connectivity index (χ0) is 20.3.